The lowest BCUT2D eigenvalue weighted by Crippen LogP contribution is -2.24. The van der Waals surface area contributed by atoms with E-state index in [1.54, 1.807) is 12.1 Å². The number of allylic oxidation sites excluding steroid dienone is 2. The molecule has 8 heteroatoms. The van der Waals surface area contributed by atoms with Gasteiger partial charge in [-0.15, -0.1) is 11.3 Å². The van der Waals surface area contributed by atoms with E-state index in [1.807, 2.05) is 17.5 Å². The van der Waals surface area contributed by atoms with Crippen LogP contribution in [-0.2, 0) is 14.8 Å². The third-order valence-corrected chi connectivity index (χ3v) is 6.36. The fraction of sp³-hybridized carbons (Fsp3) is 0.333. The first-order valence-electron chi connectivity index (χ1n) is 8.30. The third kappa shape index (κ3) is 4.31. The van der Waals surface area contributed by atoms with Crippen molar-refractivity contribution in [3.8, 4) is 11.3 Å². The highest BCUT2D eigenvalue weighted by Gasteiger charge is 2.20. The number of sulfonamides is 1. The predicted octanol–water partition coefficient (Wildman–Crippen LogP) is 3.50. The summed E-state index contributed by atoms with van der Waals surface area (Å²) in [5.41, 5.74) is 2.21. The van der Waals surface area contributed by atoms with Crippen LogP contribution in [0.4, 0.5) is 10.8 Å². The molecule has 0 aliphatic heterocycles. The number of thiazole rings is 1. The van der Waals surface area contributed by atoms with E-state index in [-0.39, 0.29) is 11.8 Å². The van der Waals surface area contributed by atoms with Crippen molar-refractivity contribution in [1.82, 2.24) is 4.98 Å². The number of nitrogens with zero attached hydrogens (tertiary/aromatic N) is 2. The lowest BCUT2D eigenvalue weighted by molar-refractivity contribution is -0.120. The molecule has 0 saturated carbocycles. The highest BCUT2D eigenvalue weighted by molar-refractivity contribution is 7.92. The Kier molecular flexibility index (Phi) is 5.43. The summed E-state index contributed by atoms with van der Waals surface area (Å²) in [6, 6.07) is 7.12. The molecular formula is C18H21N3O3S2. The number of carbonyl (C=O) groups excluding carboxylic acids is 1. The van der Waals surface area contributed by atoms with Crippen LogP contribution in [0.2, 0.25) is 0 Å². The van der Waals surface area contributed by atoms with E-state index in [9.17, 15) is 13.2 Å². The van der Waals surface area contributed by atoms with Crippen LogP contribution in [-0.4, -0.2) is 32.6 Å². The second-order valence-corrected chi connectivity index (χ2v) is 9.16. The van der Waals surface area contributed by atoms with Gasteiger partial charge in [0.05, 0.1) is 17.6 Å². The molecular weight excluding hydrogens is 370 g/mol. The molecule has 1 amide bonds. The molecule has 3 rings (SSSR count). The summed E-state index contributed by atoms with van der Waals surface area (Å²) in [6.45, 7) is 0. The Morgan fingerprint density at radius 3 is 2.62 bits per heavy atom. The SMILES string of the molecule is CN(c1ccc(-c2csc(NC(=O)[C@H]3CC=CCC3)n2)cc1)S(C)(=O)=O. The number of aromatic nitrogens is 1. The monoisotopic (exact) mass is 391 g/mol. The molecule has 138 valence electrons. The Morgan fingerprint density at radius 1 is 1.27 bits per heavy atom. The van der Waals surface area contributed by atoms with Crippen molar-refractivity contribution in [3.05, 3.63) is 41.8 Å². The minimum Gasteiger partial charge on any atom is -0.302 e. The van der Waals surface area contributed by atoms with Crippen molar-refractivity contribution in [2.24, 2.45) is 5.92 Å². The molecule has 1 atom stereocenters. The van der Waals surface area contributed by atoms with E-state index >= 15 is 0 Å². The number of amides is 1. The van der Waals surface area contributed by atoms with E-state index in [2.05, 4.69) is 22.5 Å². The predicted molar refractivity (Wildman–Crippen MR) is 106 cm³/mol. The molecule has 0 unspecified atom stereocenters. The molecule has 1 heterocycles. The van der Waals surface area contributed by atoms with E-state index in [0.29, 0.717) is 10.8 Å². The Bertz CT molecular complexity index is 917. The quantitative estimate of drug-likeness (QED) is 0.791. The van der Waals surface area contributed by atoms with Gasteiger partial charge in [0, 0.05) is 23.9 Å². The normalized spacial score (nSPS) is 17.1. The van der Waals surface area contributed by atoms with Crippen molar-refractivity contribution >= 4 is 38.1 Å². The smallest absolute Gasteiger partial charge is 0.231 e. The van der Waals surface area contributed by atoms with Gasteiger partial charge >= 0.3 is 0 Å². The first kappa shape index (κ1) is 18.6. The summed E-state index contributed by atoms with van der Waals surface area (Å²) in [5.74, 6) is 0.0264. The number of rotatable bonds is 5. The standard InChI is InChI=1S/C18H21N3O3S2/c1-21(26(2,23)24)15-10-8-13(9-11-15)16-12-25-18(19-16)20-17(22)14-6-4-3-5-7-14/h3-4,8-12,14H,5-7H2,1-2H3,(H,19,20,22)/t14-/m0/s1. The van der Waals surface area contributed by atoms with Crippen LogP contribution in [0, 0.1) is 5.92 Å². The number of anilines is 2. The maximum Gasteiger partial charge on any atom is 0.231 e. The van der Waals surface area contributed by atoms with E-state index in [4.69, 9.17) is 0 Å². The molecule has 1 aliphatic rings. The van der Waals surface area contributed by atoms with Crippen LogP contribution >= 0.6 is 11.3 Å². The minimum absolute atomic E-state index is 0.0122. The molecule has 0 saturated heterocycles. The largest absolute Gasteiger partial charge is 0.302 e. The summed E-state index contributed by atoms with van der Waals surface area (Å²) in [5, 5.41) is 5.36. The Morgan fingerprint density at radius 2 is 2.00 bits per heavy atom. The second kappa shape index (κ2) is 7.59. The zero-order valence-electron chi connectivity index (χ0n) is 14.7. The van der Waals surface area contributed by atoms with Gasteiger partial charge in [0.1, 0.15) is 0 Å². The third-order valence-electron chi connectivity index (χ3n) is 4.40. The maximum atomic E-state index is 12.3. The minimum atomic E-state index is -3.29. The van der Waals surface area contributed by atoms with E-state index < -0.39 is 10.0 Å². The maximum absolute atomic E-state index is 12.3. The number of hydrogen-bond donors (Lipinski definition) is 1. The molecule has 0 radical (unpaired) electrons. The summed E-state index contributed by atoms with van der Waals surface area (Å²) in [7, 11) is -1.77. The fourth-order valence-electron chi connectivity index (χ4n) is 2.74. The van der Waals surface area contributed by atoms with Crippen LogP contribution in [0.15, 0.2) is 41.8 Å². The summed E-state index contributed by atoms with van der Waals surface area (Å²) in [4.78, 5) is 16.8. The van der Waals surface area contributed by atoms with Crippen LogP contribution < -0.4 is 9.62 Å². The molecule has 2 aromatic rings. The highest BCUT2D eigenvalue weighted by Crippen LogP contribution is 2.28. The van der Waals surface area contributed by atoms with Gasteiger partial charge in [-0.1, -0.05) is 24.3 Å². The van der Waals surface area contributed by atoms with E-state index in [0.717, 1.165) is 30.5 Å². The van der Waals surface area contributed by atoms with Crippen molar-refractivity contribution < 1.29 is 13.2 Å². The van der Waals surface area contributed by atoms with Crippen molar-refractivity contribution in [3.63, 3.8) is 0 Å². The van der Waals surface area contributed by atoms with Gasteiger partial charge in [0.15, 0.2) is 5.13 Å². The lowest BCUT2D eigenvalue weighted by atomic mass is 9.94. The molecule has 1 aromatic heterocycles. The number of nitrogens with one attached hydrogen (secondary N) is 1. The topological polar surface area (TPSA) is 79.4 Å². The Balaban J connectivity index is 1.69. The molecule has 26 heavy (non-hydrogen) atoms. The summed E-state index contributed by atoms with van der Waals surface area (Å²) >= 11 is 1.38. The van der Waals surface area contributed by atoms with Crippen LogP contribution in [0.5, 0.6) is 0 Å². The van der Waals surface area contributed by atoms with Gasteiger partial charge in [-0.25, -0.2) is 13.4 Å². The zero-order valence-corrected chi connectivity index (χ0v) is 16.3. The Labute approximate surface area is 157 Å². The van der Waals surface area contributed by atoms with Crippen molar-refractivity contribution in [1.29, 1.82) is 0 Å². The number of benzene rings is 1. The number of carbonyl (C=O) groups is 1. The average molecular weight is 392 g/mol. The number of hydrogen-bond acceptors (Lipinski definition) is 5. The molecule has 6 nitrogen and oxygen atoms in total. The van der Waals surface area contributed by atoms with Gasteiger partial charge in [0.25, 0.3) is 0 Å². The fourth-order valence-corrected chi connectivity index (χ4v) is 3.96. The Hall–Kier alpha value is -2.19. The van der Waals surface area contributed by atoms with Crippen LogP contribution in [0.25, 0.3) is 11.3 Å². The van der Waals surface area contributed by atoms with Crippen LogP contribution in [0.1, 0.15) is 19.3 Å². The van der Waals surface area contributed by atoms with Crippen molar-refractivity contribution in [2.45, 2.75) is 19.3 Å². The lowest BCUT2D eigenvalue weighted by Gasteiger charge is -2.16. The second-order valence-electron chi connectivity index (χ2n) is 6.29. The summed E-state index contributed by atoms with van der Waals surface area (Å²) < 4.78 is 24.4. The van der Waals surface area contributed by atoms with Gasteiger partial charge in [-0.2, -0.15) is 0 Å². The molecule has 1 aliphatic carbocycles. The first-order chi connectivity index (χ1) is 12.3. The van der Waals surface area contributed by atoms with Gasteiger partial charge in [0.2, 0.25) is 15.9 Å². The van der Waals surface area contributed by atoms with Crippen molar-refractivity contribution in [2.75, 3.05) is 22.9 Å². The van der Waals surface area contributed by atoms with Gasteiger partial charge in [-0.3, -0.25) is 9.10 Å². The molecule has 0 fully saturated rings. The first-order valence-corrected chi connectivity index (χ1v) is 11.0. The molecule has 1 aromatic carbocycles. The highest BCUT2D eigenvalue weighted by atomic mass is 32.2. The molecule has 0 bridgehead atoms. The molecule has 0 spiro atoms. The van der Waals surface area contributed by atoms with Crippen LogP contribution in [0.3, 0.4) is 0 Å². The average Bonchev–Trinajstić information content (AvgIpc) is 3.09. The van der Waals surface area contributed by atoms with Gasteiger partial charge in [-0.05, 0) is 31.4 Å². The molecule has 1 N–H and O–H groups in total. The zero-order chi connectivity index (χ0) is 18.7. The summed E-state index contributed by atoms with van der Waals surface area (Å²) in [6.07, 6.45) is 7.91. The van der Waals surface area contributed by atoms with Gasteiger partial charge < -0.3 is 5.32 Å². The van der Waals surface area contributed by atoms with E-state index in [1.165, 1.54) is 28.9 Å².